The van der Waals surface area contributed by atoms with Gasteiger partial charge in [0.15, 0.2) is 5.96 Å². The Hall–Kier alpha value is -0.770. The minimum atomic E-state index is -0.848. The first-order valence-electron chi connectivity index (χ1n) is 6.56. The van der Waals surface area contributed by atoms with Crippen molar-refractivity contribution in [3.63, 3.8) is 0 Å². The van der Waals surface area contributed by atoms with Crippen LogP contribution >= 0.6 is 0 Å². The van der Waals surface area contributed by atoms with Gasteiger partial charge in [0.05, 0.1) is 17.2 Å². The van der Waals surface area contributed by atoms with Crippen molar-refractivity contribution in [3.8, 4) is 0 Å². The second-order valence-corrected chi connectivity index (χ2v) is 6.12. The van der Waals surface area contributed by atoms with Gasteiger partial charge in [0.1, 0.15) is 0 Å². The van der Waals surface area contributed by atoms with Gasteiger partial charge < -0.3 is 16.2 Å². The lowest BCUT2D eigenvalue weighted by Gasteiger charge is -2.38. The average Bonchev–Trinajstić information content (AvgIpc) is 2.16. The minimum absolute atomic E-state index is 0.355. The zero-order valence-corrected chi connectivity index (χ0v) is 11.6. The molecular formula is C13H27N3O. The number of guanidine groups is 1. The molecule has 0 atom stereocenters. The van der Waals surface area contributed by atoms with Crippen molar-refractivity contribution in [3.05, 3.63) is 0 Å². The molecule has 0 aromatic heterocycles. The highest BCUT2D eigenvalue weighted by molar-refractivity contribution is 5.79. The van der Waals surface area contributed by atoms with Crippen LogP contribution in [-0.2, 0) is 0 Å². The van der Waals surface area contributed by atoms with Gasteiger partial charge in [-0.15, -0.1) is 0 Å². The predicted molar refractivity (Wildman–Crippen MR) is 72.0 cm³/mol. The van der Waals surface area contributed by atoms with Crippen LogP contribution in [0.15, 0.2) is 4.99 Å². The van der Waals surface area contributed by atoms with E-state index in [0.29, 0.717) is 12.0 Å². The third-order valence-electron chi connectivity index (χ3n) is 3.87. The highest BCUT2D eigenvalue weighted by Crippen LogP contribution is 2.22. The van der Waals surface area contributed by atoms with E-state index in [0.717, 1.165) is 12.8 Å². The average molecular weight is 241 g/mol. The quantitative estimate of drug-likeness (QED) is 0.521. The summed E-state index contributed by atoms with van der Waals surface area (Å²) in [6, 6.07) is 0.355. The fourth-order valence-corrected chi connectivity index (χ4v) is 1.91. The molecule has 0 spiro atoms. The fourth-order valence-electron chi connectivity index (χ4n) is 1.91. The Kier molecular flexibility index (Phi) is 4.42. The molecule has 4 N–H and O–H groups in total. The summed E-state index contributed by atoms with van der Waals surface area (Å²) in [4.78, 5) is 4.51. The van der Waals surface area contributed by atoms with Gasteiger partial charge in [-0.2, -0.15) is 0 Å². The molecule has 0 unspecified atom stereocenters. The highest BCUT2D eigenvalue weighted by atomic mass is 16.3. The van der Waals surface area contributed by atoms with E-state index in [-0.39, 0.29) is 0 Å². The summed E-state index contributed by atoms with van der Waals surface area (Å²) < 4.78 is 0. The number of hydrogen-bond acceptors (Lipinski definition) is 2. The number of nitrogens with zero attached hydrogens (tertiary/aromatic N) is 1. The van der Waals surface area contributed by atoms with Gasteiger partial charge in [0, 0.05) is 0 Å². The van der Waals surface area contributed by atoms with Crippen LogP contribution in [0, 0.1) is 0 Å². The minimum Gasteiger partial charge on any atom is -0.388 e. The first-order chi connectivity index (χ1) is 7.72. The SMILES string of the molecule is CC(C)(O)C(C)(C)NC(N)=NC1CCCCC1. The summed E-state index contributed by atoms with van der Waals surface area (Å²) >= 11 is 0. The van der Waals surface area contributed by atoms with Crippen LogP contribution in [0.3, 0.4) is 0 Å². The fraction of sp³-hybridized carbons (Fsp3) is 0.923. The van der Waals surface area contributed by atoms with E-state index in [2.05, 4.69) is 10.3 Å². The summed E-state index contributed by atoms with van der Waals surface area (Å²) in [7, 11) is 0. The highest BCUT2D eigenvalue weighted by Gasteiger charge is 2.35. The molecule has 17 heavy (non-hydrogen) atoms. The summed E-state index contributed by atoms with van der Waals surface area (Å²) in [5.74, 6) is 0.448. The van der Waals surface area contributed by atoms with Gasteiger partial charge in [0.2, 0.25) is 0 Å². The Labute approximate surface area is 105 Å². The van der Waals surface area contributed by atoms with E-state index in [1.54, 1.807) is 13.8 Å². The normalized spacial score (nSPS) is 20.4. The second kappa shape index (κ2) is 5.25. The predicted octanol–water partition coefficient (Wildman–Crippen LogP) is 1.77. The van der Waals surface area contributed by atoms with E-state index in [9.17, 15) is 5.11 Å². The summed E-state index contributed by atoms with van der Waals surface area (Å²) in [5, 5.41) is 13.1. The molecule has 4 nitrogen and oxygen atoms in total. The second-order valence-electron chi connectivity index (χ2n) is 6.12. The molecule has 0 bridgehead atoms. The number of nitrogens with two attached hydrogens (primary N) is 1. The number of nitrogens with one attached hydrogen (secondary N) is 1. The molecule has 1 aliphatic rings. The van der Waals surface area contributed by atoms with Crippen molar-refractivity contribution in [1.82, 2.24) is 5.32 Å². The molecule has 0 aromatic carbocycles. The van der Waals surface area contributed by atoms with Crippen LogP contribution in [0.25, 0.3) is 0 Å². The van der Waals surface area contributed by atoms with Crippen LogP contribution in [0.4, 0.5) is 0 Å². The monoisotopic (exact) mass is 241 g/mol. The number of aliphatic hydroxyl groups is 1. The third kappa shape index (κ3) is 4.19. The molecule has 1 aliphatic carbocycles. The van der Waals surface area contributed by atoms with Gasteiger partial charge in [0.25, 0.3) is 0 Å². The first kappa shape index (κ1) is 14.3. The van der Waals surface area contributed by atoms with Crippen LogP contribution in [0.5, 0.6) is 0 Å². The summed E-state index contributed by atoms with van der Waals surface area (Å²) in [6.07, 6.45) is 6.07. The van der Waals surface area contributed by atoms with Gasteiger partial charge in [-0.3, -0.25) is 4.99 Å². The van der Waals surface area contributed by atoms with Crippen molar-refractivity contribution in [1.29, 1.82) is 0 Å². The lowest BCUT2D eigenvalue weighted by Crippen LogP contribution is -2.59. The molecule has 0 radical (unpaired) electrons. The maximum atomic E-state index is 10.0. The zero-order chi connectivity index (χ0) is 13.1. The number of hydrogen-bond donors (Lipinski definition) is 3. The Morgan fingerprint density at radius 1 is 1.18 bits per heavy atom. The smallest absolute Gasteiger partial charge is 0.189 e. The molecule has 1 rings (SSSR count). The van der Waals surface area contributed by atoms with Crippen molar-refractivity contribution < 1.29 is 5.11 Å². The molecule has 0 heterocycles. The van der Waals surface area contributed by atoms with Crippen LogP contribution in [-0.4, -0.2) is 28.2 Å². The largest absolute Gasteiger partial charge is 0.388 e. The molecule has 1 saturated carbocycles. The molecule has 4 heteroatoms. The summed E-state index contributed by atoms with van der Waals surface area (Å²) in [5.41, 5.74) is 4.58. The van der Waals surface area contributed by atoms with Crippen molar-refractivity contribution >= 4 is 5.96 Å². The lowest BCUT2D eigenvalue weighted by atomic mass is 9.86. The number of aliphatic imine (C=N–C) groups is 1. The Morgan fingerprint density at radius 3 is 2.18 bits per heavy atom. The Morgan fingerprint density at radius 2 is 1.71 bits per heavy atom. The molecule has 1 fully saturated rings. The molecule has 0 aliphatic heterocycles. The molecule has 0 amide bonds. The maximum absolute atomic E-state index is 10.0. The van der Waals surface area contributed by atoms with E-state index in [1.807, 2.05) is 13.8 Å². The maximum Gasteiger partial charge on any atom is 0.189 e. The number of rotatable bonds is 3. The van der Waals surface area contributed by atoms with Crippen LogP contribution in [0.2, 0.25) is 0 Å². The zero-order valence-electron chi connectivity index (χ0n) is 11.6. The Bertz CT molecular complexity index is 273. The van der Waals surface area contributed by atoms with Crippen LogP contribution < -0.4 is 11.1 Å². The van der Waals surface area contributed by atoms with E-state index in [4.69, 9.17) is 5.73 Å². The molecule has 100 valence electrons. The van der Waals surface area contributed by atoms with Crippen molar-refractivity contribution in [2.24, 2.45) is 10.7 Å². The van der Waals surface area contributed by atoms with E-state index in [1.165, 1.54) is 19.3 Å². The van der Waals surface area contributed by atoms with Crippen molar-refractivity contribution in [2.45, 2.75) is 77.0 Å². The van der Waals surface area contributed by atoms with Gasteiger partial charge in [-0.25, -0.2) is 0 Å². The topological polar surface area (TPSA) is 70.6 Å². The van der Waals surface area contributed by atoms with Gasteiger partial charge >= 0.3 is 0 Å². The molecule has 0 saturated heterocycles. The lowest BCUT2D eigenvalue weighted by molar-refractivity contribution is 0.00444. The van der Waals surface area contributed by atoms with E-state index >= 15 is 0 Å². The standard InChI is InChI=1S/C13H27N3O/c1-12(2,13(3,4)17)16-11(14)15-10-8-6-5-7-9-10/h10,17H,5-9H2,1-4H3,(H3,14,15,16). The third-order valence-corrected chi connectivity index (χ3v) is 3.87. The Balaban J connectivity index is 2.58. The van der Waals surface area contributed by atoms with Gasteiger partial charge in [-0.1, -0.05) is 19.3 Å². The van der Waals surface area contributed by atoms with Crippen LogP contribution in [0.1, 0.15) is 59.8 Å². The molecule has 0 aromatic rings. The van der Waals surface area contributed by atoms with Crippen molar-refractivity contribution in [2.75, 3.05) is 0 Å². The van der Waals surface area contributed by atoms with E-state index < -0.39 is 11.1 Å². The summed E-state index contributed by atoms with van der Waals surface area (Å²) in [6.45, 7) is 7.40. The first-order valence-corrected chi connectivity index (χ1v) is 6.56. The van der Waals surface area contributed by atoms with Gasteiger partial charge in [-0.05, 0) is 40.5 Å². The molecular weight excluding hydrogens is 214 g/mol.